The normalized spacial score (nSPS) is 14.3. The number of pyridine rings is 1. The van der Waals surface area contributed by atoms with Gasteiger partial charge in [0.15, 0.2) is 0 Å². The molecule has 0 atom stereocenters. The molecule has 1 aliphatic rings. The number of hydrazone groups is 1. The monoisotopic (exact) mass is 500 g/mol. The van der Waals surface area contributed by atoms with Crippen LogP contribution in [0.2, 0.25) is 0 Å². The maximum absolute atomic E-state index is 8.75. The van der Waals surface area contributed by atoms with Gasteiger partial charge in [0.1, 0.15) is 5.71 Å². The molecule has 0 saturated heterocycles. The number of anilines is 1. The van der Waals surface area contributed by atoms with Crippen LogP contribution in [-0.2, 0) is 0 Å². The van der Waals surface area contributed by atoms with E-state index < -0.39 is 0 Å². The third-order valence-corrected chi connectivity index (χ3v) is 7.24. The number of allylic oxidation sites excluding steroid dienone is 4. The number of rotatable bonds is 4. The number of nitrogens with one attached hydrogen (secondary N) is 2. The molecule has 5 aromatic carbocycles. The van der Waals surface area contributed by atoms with E-state index in [0.717, 1.165) is 16.8 Å². The van der Waals surface area contributed by atoms with Crippen molar-refractivity contribution in [3.63, 3.8) is 0 Å². The van der Waals surface area contributed by atoms with Gasteiger partial charge >= 0.3 is 0 Å². The van der Waals surface area contributed by atoms with E-state index in [1.54, 1.807) is 12.4 Å². The predicted octanol–water partition coefficient (Wildman–Crippen LogP) is 8.65. The molecule has 0 radical (unpaired) electrons. The van der Waals surface area contributed by atoms with E-state index in [0.29, 0.717) is 11.4 Å². The van der Waals surface area contributed by atoms with E-state index in [-0.39, 0.29) is 0 Å². The second kappa shape index (κ2) is 9.51. The number of hydrogen-bond acceptors (Lipinski definition) is 4. The summed E-state index contributed by atoms with van der Waals surface area (Å²) in [6.45, 7) is 0. The summed E-state index contributed by atoms with van der Waals surface area (Å²) in [5.41, 5.74) is 9.36. The smallest absolute Gasteiger partial charge is 0.108 e. The first-order chi connectivity index (χ1) is 19.3. The highest BCUT2D eigenvalue weighted by Gasteiger charge is 2.19. The Morgan fingerprint density at radius 1 is 0.615 bits per heavy atom. The van der Waals surface area contributed by atoms with Crippen LogP contribution >= 0.6 is 0 Å². The van der Waals surface area contributed by atoms with Gasteiger partial charge in [0.05, 0.1) is 11.4 Å². The third-order valence-electron chi connectivity index (χ3n) is 7.24. The molecule has 184 valence electrons. The van der Waals surface area contributed by atoms with Crippen molar-refractivity contribution in [1.29, 1.82) is 5.41 Å². The van der Waals surface area contributed by atoms with Gasteiger partial charge in [0.25, 0.3) is 0 Å². The minimum Gasteiger partial charge on any atom is -0.299 e. The van der Waals surface area contributed by atoms with E-state index in [9.17, 15) is 0 Å². The van der Waals surface area contributed by atoms with Crippen molar-refractivity contribution in [3.8, 4) is 11.1 Å². The standard InChI is InChI=1S/C35H24N4/c36-32-22-26(15-16-33(32)39-38-27-17-19-37-20-18-27)35-30-11-5-3-9-28(30)34(29-10-4-6-12-31(29)35)25-14-13-23-7-1-2-8-24(23)21-25/h1-22,36H,(H,37,38)/b36-32?,39-33-. The van der Waals surface area contributed by atoms with Crippen LogP contribution in [0.25, 0.3) is 49.0 Å². The minimum absolute atomic E-state index is 0.362. The highest BCUT2D eigenvalue weighted by atomic mass is 15.3. The fourth-order valence-electron chi connectivity index (χ4n) is 5.44. The molecule has 6 aromatic rings. The van der Waals surface area contributed by atoms with Crippen LogP contribution in [0.5, 0.6) is 0 Å². The van der Waals surface area contributed by atoms with Crippen molar-refractivity contribution in [1.82, 2.24) is 4.98 Å². The lowest BCUT2D eigenvalue weighted by Crippen LogP contribution is -2.13. The summed E-state index contributed by atoms with van der Waals surface area (Å²) in [6.07, 6.45) is 9.30. The van der Waals surface area contributed by atoms with E-state index in [2.05, 4.69) is 113 Å². The average molecular weight is 501 g/mol. The highest BCUT2D eigenvalue weighted by molar-refractivity contribution is 6.52. The molecule has 0 fully saturated rings. The van der Waals surface area contributed by atoms with E-state index in [4.69, 9.17) is 5.41 Å². The largest absolute Gasteiger partial charge is 0.299 e. The van der Waals surface area contributed by atoms with E-state index in [1.807, 2.05) is 24.3 Å². The van der Waals surface area contributed by atoms with Crippen LogP contribution in [-0.4, -0.2) is 16.4 Å². The first kappa shape index (κ1) is 22.8. The molecule has 0 aliphatic heterocycles. The molecule has 1 aromatic heterocycles. The Morgan fingerprint density at radius 3 is 1.90 bits per heavy atom. The highest BCUT2D eigenvalue weighted by Crippen LogP contribution is 2.43. The molecule has 0 unspecified atom stereocenters. The zero-order valence-corrected chi connectivity index (χ0v) is 21.1. The van der Waals surface area contributed by atoms with Gasteiger partial charge < -0.3 is 0 Å². The summed E-state index contributed by atoms with van der Waals surface area (Å²) in [5, 5.41) is 20.4. The lowest BCUT2D eigenvalue weighted by atomic mass is 9.84. The first-order valence-corrected chi connectivity index (χ1v) is 12.9. The lowest BCUT2D eigenvalue weighted by Gasteiger charge is -2.19. The Labute approximate surface area is 226 Å². The molecule has 1 aliphatic carbocycles. The van der Waals surface area contributed by atoms with Crippen molar-refractivity contribution in [2.75, 3.05) is 5.43 Å². The second-order valence-electron chi connectivity index (χ2n) is 9.59. The van der Waals surface area contributed by atoms with Gasteiger partial charge in [0.2, 0.25) is 0 Å². The summed E-state index contributed by atoms with van der Waals surface area (Å²) in [6, 6.07) is 36.1. The predicted molar refractivity (Wildman–Crippen MR) is 165 cm³/mol. The van der Waals surface area contributed by atoms with Crippen LogP contribution in [0.4, 0.5) is 5.69 Å². The van der Waals surface area contributed by atoms with Gasteiger partial charge in [-0.3, -0.25) is 15.8 Å². The van der Waals surface area contributed by atoms with Crippen molar-refractivity contribution in [2.24, 2.45) is 5.10 Å². The topological polar surface area (TPSA) is 61.1 Å². The third kappa shape index (κ3) is 4.09. The Hall–Kier alpha value is -5.35. The maximum atomic E-state index is 8.75. The van der Waals surface area contributed by atoms with Gasteiger partial charge in [-0.1, -0.05) is 91.0 Å². The summed E-state index contributed by atoms with van der Waals surface area (Å²) < 4.78 is 0. The molecule has 0 amide bonds. The summed E-state index contributed by atoms with van der Waals surface area (Å²) in [4.78, 5) is 4.03. The fraction of sp³-hybridized carbons (Fsp3) is 0. The average Bonchev–Trinajstić information content (AvgIpc) is 2.99. The number of fused-ring (bicyclic) bond motifs is 3. The molecule has 0 bridgehead atoms. The van der Waals surface area contributed by atoms with Crippen molar-refractivity contribution in [2.45, 2.75) is 0 Å². The van der Waals surface area contributed by atoms with Crippen LogP contribution in [0.1, 0.15) is 5.56 Å². The molecule has 4 nitrogen and oxygen atoms in total. The Bertz CT molecular complexity index is 1940. The molecule has 1 heterocycles. The molecular formula is C35H24N4. The summed E-state index contributed by atoms with van der Waals surface area (Å²) in [5.74, 6) is 0. The molecule has 39 heavy (non-hydrogen) atoms. The van der Waals surface area contributed by atoms with Crippen LogP contribution < -0.4 is 5.43 Å². The first-order valence-electron chi connectivity index (χ1n) is 12.9. The van der Waals surface area contributed by atoms with Crippen molar-refractivity contribution < 1.29 is 0 Å². The molecule has 7 rings (SSSR count). The van der Waals surface area contributed by atoms with E-state index >= 15 is 0 Å². The second-order valence-corrected chi connectivity index (χ2v) is 9.59. The quantitative estimate of drug-likeness (QED) is 0.145. The molecular weight excluding hydrogens is 476 g/mol. The summed E-state index contributed by atoms with van der Waals surface area (Å²) >= 11 is 0. The SMILES string of the molecule is N=C1C=C(c2c3ccccc3c(-c3ccc4ccccc4c3)c3ccccc23)C=C/C1=N/Nc1ccncc1. The number of hydrogen-bond donors (Lipinski definition) is 2. The van der Waals surface area contributed by atoms with Gasteiger partial charge in [-0.05, 0) is 84.9 Å². The van der Waals surface area contributed by atoms with Crippen LogP contribution in [0.15, 0.2) is 139 Å². The zero-order valence-electron chi connectivity index (χ0n) is 21.1. The van der Waals surface area contributed by atoms with Crippen molar-refractivity contribution in [3.05, 3.63) is 139 Å². The Morgan fingerprint density at radius 2 is 1.23 bits per heavy atom. The van der Waals surface area contributed by atoms with Gasteiger partial charge in [-0.25, -0.2) is 0 Å². The number of benzene rings is 5. The van der Waals surface area contributed by atoms with Gasteiger partial charge in [0, 0.05) is 12.4 Å². The Kier molecular flexibility index (Phi) is 5.56. The lowest BCUT2D eigenvalue weighted by molar-refractivity contribution is 1.28. The maximum Gasteiger partial charge on any atom is 0.108 e. The molecule has 4 heteroatoms. The Balaban J connectivity index is 1.39. The number of nitrogens with zero attached hydrogens (tertiary/aromatic N) is 2. The van der Waals surface area contributed by atoms with Crippen molar-refractivity contribution >= 4 is 55.0 Å². The fourth-order valence-corrected chi connectivity index (χ4v) is 5.44. The van der Waals surface area contributed by atoms with E-state index in [1.165, 1.54) is 43.4 Å². The minimum atomic E-state index is 0.362. The van der Waals surface area contributed by atoms with Gasteiger partial charge in [-0.2, -0.15) is 5.10 Å². The molecule has 0 spiro atoms. The molecule has 0 saturated carbocycles. The molecule has 2 N–H and O–H groups in total. The van der Waals surface area contributed by atoms with Crippen LogP contribution in [0.3, 0.4) is 0 Å². The number of aromatic nitrogens is 1. The van der Waals surface area contributed by atoms with Gasteiger partial charge in [-0.15, -0.1) is 0 Å². The summed E-state index contributed by atoms with van der Waals surface area (Å²) in [7, 11) is 0. The van der Waals surface area contributed by atoms with Crippen LogP contribution in [0, 0.1) is 5.41 Å². The zero-order chi connectivity index (χ0) is 26.2.